The first-order valence-electron chi connectivity index (χ1n) is 6.64. The summed E-state index contributed by atoms with van der Waals surface area (Å²) in [5.74, 6) is 0.195. The molecule has 0 bridgehead atoms. The number of hydrogen-bond acceptors (Lipinski definition) is 4. The molecule has 1 unspecified atom stereocenters. The van der Waals surface area contributed by atoms with Gasteiger partial charge in [0.25, 0.3) is 5.91 Å². The lowest BCUT2D eigenvalue weighted by Crippen LogP contribution is -2.51. The number of ether oxygens (including phenoxy) is 1. The fourth-order valence-corrected chi connectivity index (χ4v) is 2.48. The van der Waals surface area contributed by atoms with Gasteiger partial charge in [-0.25, -0.2) is 0 Å². The third kappa shape index (κ3) is 3.40. The average Bonchev–Trinajstić information content (AvgIpc) is 2.90. The third-order valence-electron chi connectivity index (χ3n) is 3.57. The number of nitrogens with zero attached hydrogens (tertiary/aromatic N) is 2. The highest BCUT2D eigenvalue weighted by Gasteiger charge is 2.29. The maximum absolute atomic E-state index is 12.1. The van der Waals surface area contributed by atoms with Crippen LogP contribution in [-0.4, -0.2) is 67.7 Å². The van der Waals surface area contributed by atoms with E-state index in [1.807, 2.05) is 4.90 Å². The molecule has 0 aromatic carbocycles. The monoisotopic (exact) mass is 241 g/mol. The van der Waals surface area contributed by atoms with Gasteiger partial charge in [0.05, 0.1) is 0 Å². The van der Waals surface area contributed by atoms with Gasteiger partial charge in [-0.3, -0.25) is 9.69 Å². The summed E-state index contributed by atoms with van der Waals surface area (Å²) >= 11 is 0. The molecule has 1 amide bonds. The minimum absolute atomic E-state index is 0.161. The molecule has 0 aromatic heterocycles. The molecule has 2 N–H and O–H groups in total. The number of nitrogens with two attached hydrogens (primary N) is 1. The summed E-state index contributed by atoms with van der Waals surface area (Å²) in [6.07, 6.45) is 2.80. The van der Waals surface area contributed by atoms with Gasteiger partial charge in [0.1, 0.15) is 6.10 Å². The van der Waals surface area contributed by atoms with Crippen LogP contribution in [0.2, 0.25) is 0 Å². The molecule has 1 atom stereocenters. The maximum atomic E-state index is 12.1. The normalized spacial score (nSPS) is 26.4. The lowest BCUT2D eigenvalue weighted by Gasteiger charge is -2.35. The molecular weight excluding hydrogens is 218 g/mol. The molecule has 2 rings (SSSR count). The van der Waals surface area contributed by atoms with E-state index in [0.29, 0.717) is 0 Å². The maximum Gasteiger partial charge on any atom is 0.251 e. The highest BCUT2D eigenvalue weighted by Crippen LogP contribution is 2.15. The topological polar surface area (TPSA) is 58.8 Å². The second-order valence-electron chi connectivity index (χ2n) is 4.81. The Labute approximate surface area is 103 Å². The molecule has 98 valence electrons. The molecule has 17 heavy (non-hydrogen) atoms. The number of hydrogen-bond donors (Lipinski definition) is 1. The summed E-state index contributed by atoms with van der Waals surface area (Å²) < 4.78 is 5.44. The minimum atomic E-state index is -0.161. The van der Waals surface area contributed by atoms with Crippen LogP contribution in [0.3, 0.4) is 0 Å². The SMILES string of the molecule is NCCCN1CCN(C(=O)C2CCCO2)CC1. The van der Waals surface area contributed by atoms with E-state index in [1.165, 1.54) is 0 Å². The van der Waals surface area contributed by atoms with Crippen molar-refractivity contribution in [1.82, 2.24) is 9.80 Å². The van der Waals surface area contributed by atoms with Crippen LogP contribution in [0.5, 0.6) is 0 Å². The molecule has 5 nitrogen and oxygen atoms in total. The molecule has 0 spiro atoms. The largest absolute Gasteiger partial charge is 0.368 e. The highest BCUT2D eigenvalue weighted by molar-refractivity contribution is 5.81. The van der Waals surface area contributed by atoms with Crippen molar-refractivity contribution in [3.8, 4) is 0 Å². The van der Waals surface area contributed by atoms with E-state index >= 15 is 0 Å². The van der Waals surface area contributed by atoms with Gasteiger partial charge >= 0.3 is 0 Å². The van der Waals surface area contributed by atoms with Crippen molar-refractivity contribution in [2.75, 3.05) is 45.9 Å². The van der Waals surface area contributed by atoms with E-state index < -0.39 is 0 Å². The number of carbonyl (C=O) groups is 1. The second kappa shape index (κ2) is 6.33. The zero-order chi connectivity index (χ0) is 12.1. The van der Waals surface area contributed by atoms with Gasteiger partial charge in [-0.15, -0.1) is 0 Å². The Morgan fingerprint density at radius 2 is 2.06 bits per heavy atom. The van der Waals surface area contributed by atoms with Crippen LogP contribution in [0, 0.1) is 0 Å². The fourth-order valence-electron chi connectivity index (χ4n) is 2.48. The summed E-state index contributed by atoms with van der Waals surface area (Å²) in [7, 11) is 0. The molecule has 2 heterocycles. The average molecular weight is 241 g/mol. The first-order chi connectivity index (χ1) is 8.31. The number of rotatable bonds is 4. The van der Waals surface area contributed by atoms with Crippen LogP contribution >= 0.6 is 0 Å². The predicted molar refractivity (Wildman–Crippen MR) is 65.7 cm³/mol. The van der Waals surface area contributed by atoms with Gasteiger partial charge in [0, 0.05) is 32.8 Å². The van der Waals surface area contributed by atoms with Crippen molar-refractivity contribution in [3.63, 3.8) is 0 Å². The van der Waals surface area contributed by atoms with Crippen LogP contribution in [0.15, 0.2) is 0 Å². The molecule has 0 aromatic rings. The molecular formula is C12H23N3O2. The summed E-state index contributed by atoms with van der Waals surface area (Å²) in [5, 5.41) is 0. The van der Waals surface area contributed by atoms with Gasteiger partial charge in [-0.2, -0.15) is 0 Å². The van der Waals surface area contributed by atoms with Crippen molar-refractivity contribution >= 4 is 5.91 Å². The zero-order valence-corrected chi connectivity index (χ0v) is 10.4. The minimum Gasteiger partial charge on any atom is -0.368 e. The van der Waals surface area contributed by atoms with E-state index in [9.17, 15) is 4.79 Å². The molecule has 0 saturated carbocycles. The Kier molecular flexibility index (Phi) is 4.76. The Hall–Kier alpha value is -0.650. The number of amides is 1. The van der Waals surface area contributed by atoms with Crippen molar-refractivity contribution in [2.45, 2.75) is 25.4 Å². The first-order valence-corrected chi connectivity index (χ1v) is 6.64. The quantitative estimate of drug-likeness (QED) is 0.731. The molecule has 2 aliphatic heterocycles. The van der Waals surface area contributed by atoms with Gasteiger partial charge in [0.15, 0.2) is 0 Å². The van der Waals surface area contributed by atoms with Crippen LogP contribution in [0.25, 0.3) is 0 Å². The molecule has 2 fully saturated rings. The molecule has 2 aliphatic rings. The predicted octanol–water partition coefficient (Wildman–Crippen LogP) is -0.342. The molecule has 0 aliphatic carbocycles. The first kappa shape index (κ1) is 12.8. The third-order valence-corrected chi connectivity index (χ3v) is 3.57. The van der Waals surface area contributed by atoms with E-state index in [0.717, 1.165) is 65.1 Å². The number of carbonyl (C=O) groups excluding carboxylic acids is 1. The Morgan fingerprint density at radius 3 is 2.65 bits per heavy atom. The van der Waals surface area contributed by atoms with Crippen LogP contribution < -0.4 is 5.73 Å². The smallest absolute Gasteiger partial charge is 0.251 e. The van der Waals surface area contributed by atoms with Crippen molar-refractivity contribution < 1.29 is 9.53 Å². The van der Waals surface area contributed by atoms with Gasteiger partial charge in [0.2, 0.25) is 0 Å². The van der Waals surface area contributed by atoms with E-state index in [1.54, 1.807) is 0 Å². The van der Waals surface area contributed by atoms with Crippen LogP contribution in [0.1, 0.15) is 19.3 Å². The Bertz CT molecular complexity index is 246. The molecule has 0 radical (unpaired) electrons. The van der Waals surface area contributed by atoms with E-state index in [-0.39, 0.29) is 12.0 Å². The summed E-state index contributed by atoms with van der Waals surface area (Å²) in [4.78, 5) is 16.4. The second-order valence-corrected chi connectivity index (χ2v) is 4.81. The van der Waals surface area contributed by atoms with Crippen LogP contribution in [-0.2, 0) is 9.53 Å². The van der Waals surface area contributed by atoms with Gasteiger partial charge in [-0.1, -0.05) is 0 Å². The van der Waals surface area contributed by atoms with Gasteiger partial charge < -0.3 is 15.4 Å². The fraction of sp³-hybridized carbons (Fsp3) is 0.917. The van der Waals surface area contributed by atoms with Crippen molar-refractivity contribution in [2.24, 2.45) is 5.73 Å². The number of piperazine rings is 1. The summed E-state index contributed by atoms with van der Waals surface area (Å²) in [6.45, 7) is 6.16. The van der Waals surface area contributed by atoms with Crippen molar-refractivity contribution in [3.05, 3.63) is 0 Å². The summed E-state index contributed by atoms with van der Waals surface area (Å²) in [5.41, 5.74) is 5.50. The van der Waals surface area contributed by atoms with E-state index in [4.69, 9.17) is 10.5 Å². The molecule has 5 heteroatoms. The Balaban J connectivity index is 1.72. The van der Waals surface area contributed by atoms with E-state index in [2.05, 4.69) is 4.90 Å². The Morgan fingerprint density at radius 1 is 1.29 bits per heavy atom. The summed E-state index contributed by atoms with van der Waals surface area (Å²) in [6, 6.07) is 0. The van der Waals surface area contributed by atoms with Gasteiger partial charge in [-0.05, 0) is 32.4 Å². The standard InChI is InChI=1S/C12H23N3O2/c13-4-2-5-14-6-8-15(9-7-14)12(16)11-3-1-10-17-11/h11H,1-10,13H2. The zero-order valence-electron chi connectivity index (χ0n) is 10.4. The highest BCUT2D eigenvalue weighted by atomic mass is 16.5. The van der Waals surface area contributed by atoms with Crippen LogP contribution in [0.4, 0.5) is 0 Å². The van der Waals surface area contributed by atoms with Crippen molar-refractivity contribution in [1.29, 1.82) is 0 Å². The molecule has 2 saturated heterocycles. The lowest BCUT2D eigenvalue weighted by atomic mass is 10.2. The lowest BCUT2D eigenvalue weighted by molar-refractivity contribution is -0.142.